The molecule has 26 heavy (non-hydrogen) atoms. The number of fused-ring (bicyclic) bond motifs is 1. The van der Waals surface area contributed by atoms with Crippen molar-refractivity contribution in [2.24, 2.45) is 7.05 Å². The van der Waals surface area contributed by atoms with Crippen LogP contribution in [-0.4, -0.2) is 30.6 Å². The molecule has 3 N–H and O–H groups in total. The normalized spacial score (nSPS) is 10.8. The first-order chi connectivity index (χ1) is 12.7. The Morgan fingerprint density at radius 2 is 2.08 bits per heavy atom. The van der Waals surface area contributed by atoms with Gasteiger partial charge < -0.3 is 15.2 Å². The van der Waals surface area contributed by atoms with Crippen LogP contribution in [0.3, 0.4) is 0 Å². The molecule has 0 fully saturated rings. The minimum atomic E-state index is -0.235. The van der Waals surface area contributed by atoms with Crippen molar-refractivity contribution in [3.8, 4) is 0 Å². The summed E-state index contributed by atoms with van der Waals surface area (Å²) in [5, 5.41) is 14.0. The number of rotatable bonds is 5. The van der Waals surface area contributed by atoms with Crippen molar-refractivity contribution >= 4 is 28.3 Å². The van der Waals surface area contributed by atoms with E-state index in [1.165, 1.54) is 0 Å². The van der Waals surface area contributed by atoms with Gasteiger partial charge in [0.05, 0.1) is 18.0 Å². The average Bonchev–Trinajstić information content (AvgIpc) is 3.26. The number of aryl methyl sites for hydroxylation is 1. The summed E-state index contributed by atoms with van der Waals surface area (Å²) in [6.07, 6.45) is 6.81. The Morgan fingerprint density at radius 1 is 1.23 bits per heavy atom. The monoisotopic (exact) mass is 347 g/mol. The third-order valence-electron chi connectivity index (χ3n) is 4.06. The Hall–Kier alpha value is -3.68. The lowest BCUT2D eigenvalue weighted by Gasteiger charge is -2.09. The van der Waals surface area contributed by atoms with Gasteiger partial charge in [0.2, 0.25) is 0 Å². The van der Waals surface area contributed by atoms with E-state index in [2.05, 4.69) is 30.8 Å². The molecule has 0 radical (unpaired) electrons. The number of benzene rings is 1. The summed E-state index contributed by atoms with van der Waals surface area (Å²) in [4.78, 5) is 21.0. The van der Waals surface area contributed by atoms with Crippen molar-refractivity contribution in [2.75, 3.05) is 10.6 Å². The molecule has 0 bridgehead atoms. The molecule has 0 aliphatic carbocycles. The van der Waals surface area contributed by atoms with Gasteiger partial charge in [-0.25, -0.2) is 4.98 Å². The number of carbonyl (C=O) groups excluding carboxylic acids is 1. The molecule has 1 amide bonds. The van der Waals surface area contributed by atoms with Crippen LogP contribution in [-0.2, 0) is 13.6 Å². The Kier molecular flexibility index (Phi) is 4.06. The molecule has 8 heteroatoms. The van der Waals surface area contributed by atoms with Gasteiger partial charge in [0.1, 0.15) is 0 Å². The number of aromatic nitrogens is 5. The molecule has 130 valence electrons. The Labute approximate surface area is 149 Å². The highest BCUT2D eigenvalue weighted by atomic mass is 16.2. The Morgan fingerprint density at radius 3 is 2.92 bits per heavy atom. The summed E-state index contributed by atoms with van der Waals surface area (Å²) in [7, 11) is 1.79. The highest BCUT2D eigenvalue weighted by Gasteiger charge is 2.17. The second kappa shape index (κ2) is 6.67. The molecule has 8 nitrogen and oxygen atoms in total. The second-order valence-electron chi connectivity index (χ2n) is 5.89. The van der Waals surface area contributed by atoms with E-state index in [-0.39, 0.29) is 5.91 Å². The van der Waals surface area contributed by atoms with E-state index < -0.39 is 0 Å². The van der Waals surface area contributed by atoms with Crippen LogP contribution in [0.1, 0.15) is 16.1 Å². The highest BCUT2D eigenvalue weighted by molar-refractivity contribution is 6.07. The summed E-state index contributed by atoms with van der Waals surface area (Å²) in [6.45, 7) is 0.555. The fourth-order valence-electron chi connectivity index (χ4n) is 2.72. The average molecular weight is 347 g/mol. The van der Waals surface area contributed by atoms with E-state index in [0.717, 1.165) is 16.5 Å². The van der Waals surface area contributed by atoms with Crippen molar-refractivity contribution in [3.63, 3.8) is 0 Å². The molecule has 4 aromatic rings. The molecular weight excluding hydrogens is 330 g/mol. The number of hydrogen-bond donors (Lipinski definition) is 3. The lowest BCUT2D eigenvalue weighted by molar-refractivity contribution is 0.102. The fraction of sp³-hybridized carbons (Fsp3) is 0.111. The number of carbonyl (C=O) groups is 1. The van der Waals surface area contributed by atoms with E-state index in [0.29, 0.717) is 23.7 Å². The summed E-state index contributed by atoms with van der Waals surface area (Å²) < 4.78 is 1.69. The number of aromatic amines is 1. The maximum Gasteiger partial charge on any atom is 0.276 e. The van der Waals surface area contributed by atoms with Crippen molar-refractivity contribution in [1.29, 1.82) is 0 Å². The van der Waals surface area contributed by atoms with Gasteiger partial charge in [-0.3, -0.25) is 14.9 Å². The van der Waals surface area contributed by atoms with Gasteiger partial charge in [-0.15, -0.1) is 0 Å². The van der Waals surface area contributed by atoms with Crippen molar-refractivity contribution < 1.29 is 4.79 Å². The molecular formula is C18H17N7O. The third kappa shape index (κ3) is 3.12. The van der Waals surface area contributed by atoms with Crippen LogP contribution in [0, 0.1) is 0 Å². The van der Waals surface area contributed by atoms with Crippen LogP contribution < -0.4 is 10.6 Å². The molecule has 1 aromatic carbocycles. The number of H-pyrrole nitrogens is 1. The van der Waals surface area contributed by atoms with Gasteiger partial charge in [0.25, 0.3) is 5.91 Å². The Balaban J connectivity index is 1.52. The second-order valence-corrected chi connectivity index (χ2v) is 5.89. The molecule has 3 aromatic heterocycles. The lowest BCUT2D eigenvalue weighted by Crippen LogP contribution is -2.17. The molecule has 0 unspecified atom stereocenters. The van der Waals surface area contributed by atoms with Gasteiger partial charge in [-0.2, -0.15) is 5.10 Å². The lowest BCUT2D eigenvalue weighted by atomic mass is 10.2. The molecule has 3 heterocycles. The van der Waals surface area contributed by atoms with Crippen LogP contribution in [0.15, 0.2) is 55.2 Å². The molecule has 0 saturated carbocycles. The number of amides is 1. The highest BCUT2D eigenvalue weighted by Crippen LogP contribution is 2.19. The molecule has 0 saturated heterocycles. The molecule has 4 rings (SSSR count). The Bertz CT molecular complexity index is 1050. The molecule has 0 aliphatic rings. The largest absolute Gasteiger partial charge is 0.364 e. The molecule has 0 spiro atoms. The first-order valence-electron chi connectivity index (χ1n) is 8.09. The number of anilines is 2. The zero-order valence-electron chi connectivity index (χ0n) is 14.1. The van der Waals surface area contributed by atoms with Crippen LogP contribution in [0.25, 0.3) is 10.9 Å². The van der Waals surface area contributed by atoms with Gasteiger partial charge in [0, 0.05) is 37.1 Å². The zero-order chi connectivity index (χ0) is 17.9. The summed E-state index contributed by atoms with van der Waals surface area (Å²) in [5.74, 6) is 0.297. The van der Waals surface area contributed by atoms with E-state index in [9.17, 15) is 4.79 Å². The van der Waals surface area contributed by atoms with Crippen LogP contribution >= 0.6 is 0 Å². The minimum absolute atomic E-state index is 0.235. The van der Waals surface area contributed by atoms with Crippen LogP contribution in [0.5, 0.6) is 0 Å². The first kappa shape index (κ1) is 15.8. The van der Waals surface area contributed by atoms with Crippen molar-refractivity contribution in [3.05, 3.63) is 66.5 Å². The number of nitrogens with zero attached hydrogens (tertiary/aromatic N) is 4. The third-order valence-corrected chi connectivity index (χ3v) is 4.06. The number of hydrogen-bond acceptors (Lipinski definition) is 5. The quantitative estimate of drug-likeness (QED) is 0.515. The SMILES string of the molecule is Cn1cnc(NCc2ccncc2)c1C(=O)Nc1ccc2cn[nH]c2c1. The smallest absolute Gasteiger partial charge is 0.276 e. The van der Waals surface area contributed by atoms with E-state index in [4.69, 9.17) is 0 Å². The van der Waals surface area contributed by atoms with Gasteiger partial charge in [-0.05, 0) is 35.9 Å². The van der Waals surface area contributed by atoms with Crippen molar-refractivity contribution in [2.45, 2.75) is 6.54 Å². The van der Waals surface area contributed by atoms with Gasteiger partial charge >= 0.3 is 0 Å². The predicted molar refractivity (Wildman–Crippen MR) is 98.8 cm³/mol. The zero-order valence-corrected chi connectivity index (χ0v) is 14.1. The minimum Gasteiger partial charge on any atom is -0.364 e. The summed E-state index contributed by atoms with van der Waals surface area (Å²) >= 11 is 0. The van der Waals surface area contributed by atoms with Gasteiger partial charge in [-0.1, -0.05) is 0 Å². The van der Waals surface area contributed by atoms with Crippen LogP contribution in [0.4, 0.5) is 11.5 Å². The summed E-state index contributed by atoms with van der Waals surface area (Å²) in [5.41, 5.74) is 3.07. The first-order valence-corrected chi connectivity index (χ1v) is 8.09. The summed E-state index contributed by atoms with van der Waals surface area (Å²) in [6, 6.07) is 9.42. The van der Waals surface area contributed by atoms with Gasteiger partial charge in [0.15, 0.2) is 11.5 Å². The van der Waals surface area contributed by atoms with Crippen LogP contribution in [0.2, 0.25) is 0 Å². The molecule has 0 aliphatic heterocycles. The van der Waals surface area contributed by atoms with E-state index in [1.807, 2.05) is 30.3 Å². The number of imidazole rings is 1. The topological polar surface area (TPSA) is 101 Å². The van der Waals surface area contributed by atoms with E-state index >= 15 is 0 Å². The van der Waals surface area contributed by atoms with Crippen molar-refractivity contribution in [1.82, 2.24) is 24.7 Å². The molecule has 0 atom stereocenters. The fourth-order valence-corrected chi connectivity index (χ4v) is 2.72. The van der Waals surface area contributed by atoms with E-state index in [1.54, 1.807) is 36.5 Å². The number of nitrogens with one attached hydrogen (secondary N) is 3. The standard InChI is InChI=1S/C18H17N7O/c1-25-11-21-17(20-9-12-4-6-19-7-5-12)16(25)18(26)23-14-3-2-13-10-22-24-15(13)8-14/h2-8,10-11,20H,9H2,1H3,(H,22,24)(H,23,26). The number of pyridine rings is 1. The maximum absolute atomic E-state index is 12.8. The maximum atomic E-state index is 12.8. The predicted octanol–water partition coefficient (Wildman–Crippen LogP) is 2.56.